The van der Waals surface area contributed by atoms with Crippen LogP contribution in [0.2, 0.25) is 0 Å². The molecular formula is C64H122N4O27. The molecular weight excluding hydrogens is 1260 g/mol. The minimum atomic E-state index is -1.31. The number of hydrogen-bond donors (Lipinski definition) is 4. The van der Waals surface area contributed by atoms with Crippen molar-refractivity contribution in [3.8, 4) is 0 Å². The highest BCUT2D eigenvalue weighted by Crippen LogP contribution is 2.12. The third-order valence-corrected chi connectivity index (χ3v) is 12.6. The monoisotopic (exact) mass is 1380 g/mol. The quantitative estimate of drug-likeness (QED) is 0.0496. The van der Waals surface area contributed by atoms with E-state index in [-0.39, 0.29) is 159 Å². The lowest BCUT2D eigenvalue weighted by Crippen LogP contribution is -2.59. The number of ketones is 2. The summed E-state index contributed by atoms with van der Waals surface area (Å²) in [5, 5.41) is 8.59. The molecule has 95 heavy (non-hydrogen) atoms. The molecule has 0 saturated heterocycles. The first-order valence-corrected chi connectivity index (χ1v) is 33.6. The van der Waals surface area contributed by atoms with Gasteiger partial charge in [0.1, 0.15) is 17.1 Å². The standard InChI is InChI=1S/C64H122N4O27/c1-57(2)94-22-9-23-95-68-63(74)13-6-12-60(71)65-18-28-81-39-45-90-53-52-88-43-38-80-26-17-62(73)67-64(54-91-24-14-58(69)10-7-20-78-36-41-86-49-46-83-33-30-75-3,55-92-25-15-59(70)11-8-21-79-37-42-87-50-47-84-34-31-76-4)56-93-27-16-61(72)66-19-29-82-40-44-89-51-48-85-35-32-77-5/h57H,6-56H2,1-5H3,(H,65,71)(H,66,72)(H,67,73)(H,68,74). The fourth-order valence-corrected chi connectivity index (χ4v) is 7.65. The van der Waals surface area contributed by atoms with Crippen molar-refractivity contribution >= 4 is 35.2 Å². The lowest BCUT2D eigenvalue weighted by atomic mass is 10.0. The van der Waals surface area contributed by atoms with Crippen molar-refractivity contribution in [1.82, 2.24) is 21.4 Å². The molecule has 0 aliphatic heterocycles. The molecule has 0 aromatic heterocycles. The van der Waals surface area contributed by atoms with E-state index in [0.717, 1.165) is 0 Å². The molecule has 0 heterocycles. The number of rotatable bonds is 79. The second kappa shape index (κ2) is 73.1. The van der Waals surface area contributed by atoms with Gasteiger partial charge in [-0.3, -0.25) is 33.6 Å². The number of ether oxygens (including phenoxy) is 20. The van der Waals surface area contributed by atoms with Gasteiger partial charge in [-0.1, -0.05) is 0 Å². The van der Waals surface area contributed by atoms with Gasteiger partial charge in [0, 0.05) is 106 Å². The molecule has 0 atom stereocenters. The van der Waals surface area contributed by atoms with Crippen LogP contribution in [-0.2, 0) is 128 Å². The van der Waals surface area contributed by atoms with E-state index < -0.39 is 11.4 Å². The van der Waals surface area contributed by atoms with Crippen molar-refractivity contribution in [3.05, 3.63) is 0 Å². The molecule has 0 unspecified atom stereocenters. The van der Waals surface area contributed by atoms with Gasteiger partial charge in [-0.25, -0.2) is 5.48 Å². The summed E-state index contributed by atoms with van der Waals surface area (Å²) < 4.78 is 110. The first-order valence-electron chi connectivity index (χ1n) is 33.6. The highest BCUT2D eigenvalue weighted by Gasteiger charge is 2.34. The van der Waals surface area contributed by atoms with E-state index in [0.29, 0.717) is 211 Å². The fourth-order valence-electron chi connectivity index (χ4n) is 7.65. The molecule has 0 aliphatic carbocycles. The minimum Gasteiger partial charge on any atom is -0.382 e. The van der Waals surface area contributed by atoms with Gasteiger partial charge in [0.15, 0.2) is 0 Å². The van der Waals surface area contributed by atoms with Crippen LogP contribution >= 0.6 is 0 Å². The molecule has 31 nitrogen and oxygen atoms in total. The van der Waals surface area contributed by atoms with Gasteiger partial charge in [0.2, 0.25) is 23.6 Å². The summed E-state index contributed by atoms with van der Waals surface area (Å²) in [6, 6.07) is 0. The molecule has 0 aromatic carbocycles. The number of carbonyl (C=O) groups is 6. The van der Waals surface area contributed by atoms with E-state index in [1.807, 2.05) is 13.8 Å². The summed E-state index contributed by atoms with van der Waals surface area (Å²) in [4.78, 5) is 81.5. The lowest BCUT2D eigenvalue weighted by Gasteiger charge is -2.34. The Morgan fingerprint density at radius 1 is 0.284 bits per heavy atom. The van der Waals surface area contributed by atoms with Gasteiger partial charge in [-0.2, -0.15) is 0 Å². The van der Waals surface area contributed by atoms with Gasteiger partial charge >= 0.3 is 0 Å². The maximum absolute atomic E-state index is 13.7. The molecule has 4 amide bonds. The van der Waals surface area contributed by atoms with Gasteiger partial charge in [-0.05, 0) is 39.5 Å². The predicted molar refractivity (Wildman–Crippen MR) is 346 cm³/mol. The Kier molecular flexibility index (Phi) is 70.3. The van der Waals surface area contributed by atoms with Gasteiger partial charge in [0.05, 0.1) is 231 Å². The van der Waals surface area contributed by atoms with E-state index >= 15 is 0 Å². The summed E-state index contributed by atoms with van der Waals surface area (Å²) in [5.41, 5.74) is 1.06. The number of amides is 4. The van der Waals surface area contributed by atoms with Crippen molar-refractivity contribution in [2.24, 2.45) is 0 Å². The van der Waals surface area contributed by atoms with Crippen molar-refractivity contribution in [2.75, 3.05) is 279 Å². The highest BCUT2D eigenvalue weighted by atomic mass is 16.7. The average molecular weight is 1380 g/mol. The Morgan fingerprint density at radius 2 is 0.600 bits per heavy atom. The zero-order chi connectivity index (χ0) is 69.3. The van der Waals surface area contributed by atoms with Gasteiger partial charge in [0.25, 0.3) is 0 Å². The van der Waals surface area contributed by atoms with E-state index in [1.165, 1.54) is 0 Å². The molecule has 0 aromatic rings. The maximum Gasteiger partial charge on any atom is 0.243 e. The van der Waals surface area contributed by atoms with Crippen molar-refractivity contribution in [1.29, 1.82) is 0 Å². The third-order valence-electron chi connectivity index (χ3n) is 12.6. The summed E-state index contributed by atoms with van der Waals surface area (Å²) in [5.74, 6) is -1.21. The fraction of sp³-hybridized carbons (Fsp3) is 0.906. The zero-order valence-corrected chi connectivity index (χ0v) is 58.2. The Balaban J connectivity index is 5.25. The molecule has 0 radical (unpaired) electrons. The van der Waals surface area contributed by atoms with E-state index in [2.05, 4.69) is 21.4 Å². The summed E-state index contributed by atoms with van der Waals surface area (Å²) in [6.07, 6.45) is 3.30. The maximum atomic E-state index is 13.7. The highest BCUT2D eigenvalue weighted by molar-refractivity contribution is 5.79. The largest absolute Gasteiger partial charge is 0.382 e. The number of nitrogens with one attached hydrogen (secondary N) is 4. The summed E-state index contributed by atoms with van der Waals surface area (Å²) in [6.45, 7) is 16.1. The Bertz CT molecular complexity index is 1630. The molecule has 0 saturated carbocycles. The Labute approximate surface area is 564 Å². The second-order valence-corrected chi connectivity index (χ2v) is 21.4. The van der Waals surface area contributed by atoms with Crippen molar-refractivity contribution < 1.29 is 128 Å². The van der Waals surface area contributed by atoms with Crippen LogP contribution < -0.4 is 21.4 Å². The first-order chi connectivity index (χ1) is 46.5. The van der Waals surface area contributed by atoms with Crippen LogP contribution in [0.25, 0.3) is 0 Å². The first kappa shape index (κ1) is 91.4. The van der Waals surface area contributed by atoms with E-state index in [1.54, 1.807) is 21.3 Å². The number of hydroxylamine groups is 1. The number of carbonyl (C=O) groups excluding carboxylic acids is 6. The smallest absolute Gasteiger partial charge is 0.243 e. The summed E-state index contributed by atoms with van der Waals surface area (Å²) >= 11 is 0. The Hall–Kier alpha value is -3.62. The molecule has 0 fully saturated rings. The molecule has 31 heteroatoms. The van der Waals surface area contributed by atoms with Crippen LogP contribution in [0.15, 0.2) is 0 Å². The predicted octanol–water partition coefficient (Wildman–Crippen LogP) is 1.57. The van der Waals surface area contributed by atoms with Crippen LogP contribution in [-0.4, -0.2) is 326 Å². The summed E-state index contributed by atoms with van der Waals surface area (Å²) in [7, 11) is 4.83. The van der Waals surface area contributed by atoms with E-state index in [9.17, 15) is 28.8 Å². The average Bonchev–Trinajstić information content (AvgIpc) is 1.12. The number of Topliss-reactive ketones (excluding diaryl/α,β-unsaturated/α-hetero) is 2. The normalized spacial score (nSPS) is 11.6. The van der Waals surface area contributed by atoms with E-state index in [4.69, 9.17) is 99.6 Å². The van der Waals surface area contributed by atoms with Crippen LogP contribution in [0.4, 0.5) is 0 Å². The zero-order valence-electron chi connectivity index (χ0n) is 58.2. The number of methoxy groups -OCH3 is 3. The molecule has 0 spiro atoms. The molecule has 0 bridgehead atoms. The topological polar surface area (TPSA) is 344 Å². The van der Waals surface area contributed by atoms with Crippen LogP contribution in [0.1, 0.15) is 90.9 Å². The van der Waals surface area contributed by atoms with Crippen LogP contribution in [0.3, 0.4) is 0 Å². The van der Waals surface area contributed by atoms with Gasteiger partial charge in [-0.15, -0.1) is 0 Å². The molecule has 560 valence electrons. The lowest BCUT2D eigenvalue weighted by molar-refractivity contribution is -0.134. The SMILES string of the molecule is COCCOCCOCCOCCCC(=O)CCOCC(COCCC(=O)CCCOCCOCCOCCOC)(COCCC(=O)NCCOCCOCCOCCOC)NC(=O)CCOCCOCCOCCOCCNC(=O)CCCC(=O)NOCCCOC(C)C. The molecule has 0 rings (SSSR count). The number of hydrogen-bond acceptors (Lipinski definition) is 27. The van der Waals surface area contributed by atoms with Crippen molar-refractivity contribution in [2.45, 2.75) is 103 Å². The second-order valence-electron chi connectivity index (χ2n) is 21.4. The minimum absolute atomic E-state index is 0.00185. The molecule has 0 aliphatic rings. The Morgan fingerprint density at radius 3 is 0.989 bits per heavy atom. The molecule has 4 N–H and O–H groups in total. The van der Waals surface area contributed by atoms with Crippen LogP contribution in [0, 0.1) is 0 Å². The van der Waals surface area contributed by atoms with Crippen molar-refractivity contribution in [3.63, 3.8) is 0 Å². The third kappa shape index (κ3) is 70.1. The van der Waals surface area contributed by atoms with Crippen LogP contribution in [0.5, 0.6) is 0 Å². The van der Waals surface area contributed by atoms with Gasteiger partial charge < -0.3 is 111 Å².